The summed E-state index contributed by atoms with van der Waals surface area (Å²) in [6.07, 6.45) is 0.737. The Morgan fingerprint density at radius 1 is 1.00 bits per heavy atom. The topological polar surface area (TPSA) is 32.3 Å². The van der Waals surface area contributed by atoms with Gasteiger partial charge >= 0.3 is 0 Å². The van der Waals surface area contributed by atoms with Crippen molar-refractivity contribution in [1.29, 1.82) is 0 Å². The molecular weight excluding hydrogens is 253 g/mol. The number of halogens is 1. The first-order valence-electron chi connectivity index (χ1n) is 6.90. The van der Waals surface area contributed by atoms with Crippen molar-refractivity contribution in [2.24, 2.45) is 0 Å². The summed E-state index contributed by atoms with van der Waals surface area (Å²) in [5, 5.41) is 12.5. The van der Waals surface area contributed by atoms with Gasteiger partial charge in [-0.2, -0.15) is 0 Å². The molecule has 0 amide bonds. The van der Waals surface area contributed by atoms with E-state index in [9.17, 15) is 9.50 Å². The smallest absolute Gasteiger partial charge is 0.123 e. The standard InChI is InChI=1S/C17H20FNO/c18-17-8-6-14(7-9-17)12-19-13-16(10-11-20)15-4-2-1-3-5-15/h1-9,16,19-20H,10-13H2. The Hall–Kier alpha value is -1.71. The Kier molecular flexibility index (Phi) is 5.71. The fraction of sp³-hybridized carbons (Fsp3) is 0.294. The van der Waals surface area contributed by atoms with Crippen molar-refractivity contribution in [3.05, 3.63) is 71.5 Å². The predicted octanol–water partition coefficient (Wildman–Crippen LogP) is 3.08. The maximum absolute atomic E-state index is 12.8. The molecule has 3 heteroatoms. The number of nitrogens with one attached hydrogen (secondary N) is 1. The van der Waals surface area contributed by atoms with E-state index in [1.807, 2.05) is 18.2 Å². The van der Waals surface area contributed by atoms with Gasteiger partial charge in [-0.15, -0.1) is 0 Å². The number of hydrogen-bond acceptors (Lipinski definition) is 2. The van der Waals surface area contributed by atoms with Crippen LogP contribution >= 0.6 is 0 Å². The number of hydrogen-bond donors (Lipinski definition) is 2. The van der Waals surface area contributed by atoms with Crippen LogP contribution < -0.4 is 5.32 Å². The Bertz CT molecular complexity index is 498. The molecule has 0 aliphatic carbocycles. The first-order chi connectivity index (χ1) is 9.79. The molecule has 0 bridgehead atoms. The summed E-state index contributed by atoms with van der Waals surface area (Å²) in [6, 6.07) is 16.7. The van der Waals surface area contributed by atoms with Crippen molar-refractivity contribution in [1.82, 2.24) is 5.32 Å². The lowest BCUT2D eigenvalue weighted by Crippen LogP contribution is -2.22. The van der Waals surface area contributed by atoms with Gasteiger partial charge in [0.05, 0.1) is 0 Å². The summed E-state index contributed by atoms with van der Waals surface area (Å²) in [5.74, 6) is 0.0813. The van der Waals surface area contributed by atoms with Crippen LogP contribution in [-0.4, -0.2) is 18.3 Å². The minimum Gasteiger partial charge on any atom is -0.396 e. The van der Waals surface area contributed by atoms with Crippen molar-refractivity contribution >= 4 is 0 Å². The molecule has 2 aromatic rings. The normalized spacial score (nSPS) is 12.3. The minimum atomic E-state index is -0.212. The van der Waals surface area contributed by atoms with E-state index < -0.39 is 0 Å². The molecule has 2 aromatic carbocycles. The van der Waals surface area contributed by atoms with Gasteiger partial charge in [-0.25, -0.2) is 4.39 Å². The maximum atomic E-state index is 12.8. The van der Waals surface area contributed by atoms with E-state index in [1.54, 1.807) is 12.1 Å². The Labute approximate surface area is 119 Å². The zero-order valence-corrected chi connectivity index (χ0v) is 11.4. The summed E-state index contributed by atoms with van der Waals surface area (Å²) in [7, 11) is 0. The molecule has 0 heterocycles. The quantitative estimate of drug-likeness (QED) is 0.812. The van der Waals surface area contributed by atoms with E-state index in [2.05, 4.69) is 17.4 Å². The van der Waals surface area contributed by atoms with Crippen molar-refractivity contribution in [2.75, 3.05) is 13.2 Å². The monoisotopic (exact) mass is 273 g/mol. The van der Waals surface area contributed by atoms with Crippen LogP contribution in [0.1, 0.15) is 23.5 Å². The first kappa shape index (κ1) is 14.7. The summed E-state index contributed by atoms with van der Waals surface area (Å²) < 4.78 is 12.8. The largest absolute Gasteiger partial charge is 0.396 e. The van der Waals surface area contributed by atoms with Gasteiger partial charge in [0.15, 0.2) is 0 Å². The Balaban J connectivity index is 1.88. The lowest BCUT2D eigenvalue weighted by Gasteiger charge is -2.17. The zero-order chi connectivity index (χ0) is 14.2. The van der Waals surface area contributed by atoms with Gasteiger partial charge in [-0.1, -0.05) is 42.5 Å². The average Bonchev–Trinajstić information content (AvgIpc) is 2.49. The van der Waals surface area contributed by atoms with Gasteiger partial charge in [0.25, 0.3) is 0 Å². The molecule has 0 saturated carbocycles. The lowest BCUT2D eigenvalue weighted by atomic mass is 9.96. The molecule has 0 fully saturated rings. The highest BCUT2D eigenvalue weighted by molar-refractivity contribution is 5.20. The molecule has 20 heavy (non-hydrogen) atoms. The number of aliphatic hydroxyl groups excluding tert-OH is 1. The van der Waals surface area contributed by atoms with Crippen molar-refractivity contribution in [3.63, 3.8) is 0 Å². The van der Waals surface area contributed by atoms with Gasteiger partial charge in [-0.05, 0) is 35.6 Å². The van der Waals surface area contributed by atoms with Crippen LogP contribution in [0.25, 0.3) is 0 Å². The van der Waals surface area contributed by atoms with E-state index in [0.29, 0.717) is 12.5 Å². The molecule has 2 nitrogen and oxygen atoms in total. The van der Waals surface area contributed by atoms with Crippen LogP contribution in [0.5, 0.6) is 0 Å². The molecule has 0 aliphatic heterocycles. The molecule has 0 aromatic heterocycles. The zero-order valence-electron chi connectivity index (χ0n) is 11.4. The summed E-state index contributed by atoms with van der Waals surface area (Å²) in [5.41, 5.74) is 2.29. The van der Waals surface area contributed by atoms with Crippen molar-refractivity contribution < 1.29 is 9.50 Å². The molecule has 0 spiro atoms. The van der Waals surface area contributed by atoms with Crippen LogP contribution in [0.3, 0.4) is 0 Å². The highest BCUT2D eigenvalue weighted by atomic mass is 19.1. The third kappa shape index (κ3) is 4.44. The summed E-state index contributed by atoms with van der Waals surface area (Å²) >= 11 is 0. The Morgan fingerprint density at radius 2 is 1.70 bits per heavy atom. The van der Waals surface area contributed by atoms with Crippen LogP contribution in [0.15, 0.2) is 54.6 Å². The van der Waals surface area contributed by atoms with Crippen LogP contribution in [0.2, 0.25) is 0 Å². The van der Waals surface area contributed by atoms with Gasteiger partial charge in [-0.3, -0.25) is 0 Å². The fourth-order valence-corrected chi connectivity index (χ4v) is 2.26. The van der Waals surface area contributed by atoms with E-state index >= 15 is 0 Å². The third-order valence-electron chi connectivity index (χ3n) is 3.38. The van der Waals surface area contributed by atoms with Gasteiger partial charge < -0.3 is 10.4 Å². The summed E-state index contributed by atoms with van der Waals surface area (Å²) in [4.78, 5) is 0. The van der Waals surface area contributed by atoms with Crippen LogP contribution in [0, 0.1) is 5.82 Å². The van der Waals surface area contributed by atoms with Crippen molar-refractivity contribution in [3.8, 4) is 0 Å². The highest BCUT2D eigenvalue weighted by Gasteiger charge is 2.10. The molecular formula is C17H20FNO. The van der Waals surface area contributed by atoms with E-state index in [-0.39, 0.29) is 12.4 Å². The second-order valence-electron chi connectivity index (χ2n) is 4.88. The first-order valence-corrected chi connectivity index (χ1v) is 6.90. The van der Waals surface area contributed by atoms with E-state index in [1.165, 1.54) is 17.7 Å². The lowest BCUT2D eigenvalue weighted by molar-refractivity contribution is 0.273. The minimum absolute atomic E-state index is 0.178. The molecule has 106 valence electrons. The predicted molar refractivity (Wildman–Crippen MR) is 79.0 cm³/mol. The molecule has 0 radical (unpaired) electrons. The highest BCUT2D eigenvalue weighted by Crippen LogP contribution is 2.18. The molecule has 1 unspecified atom stereocenters. The second kappa shape index (κ2) is 7.78. The number of rotatable bonds is 7. The number of benzene rings is 2. The van der Waals surface area contributed by atoms with E-state index in [4.69, 9.17) is 0 Å². The van der Waals surface area contributed by atoms with Gasteiger partial charge in [0.2, 0.25) is 0 Å². The molecule has 0 saturated heterocycles. The SMILES string of the molecule is OCCC(CNCc1ccc(F)cc1)c1ccccc1. The molecule has 2 N–H and O–H groups in total. The molecule has 2 rings (SSSR count). The molecule has 1 atom stereocenters. The molecule has 0 aliphatic rings. The third-order valence-corrected chi connectivity index (χ3v) is 3.38. The van der Waals surface area contributed by atoms with Crippen molar-refractivity contribution in [2.45, 2.75) is 18.9 Å². The van der Waals surface area contributed by atoms with Gasteiger partial charge in [0, 0.05) is 19.7 Å². The maximum Gasteiger partial charge on any atom is 0.123 e. The number of aliphatic hydroxyl groups is 1. The second-order valence-corrected chi connectivity index (χ2v) is 4.88. The van der Waals surface area contributed by atoms with Crippen LogP contribution in [0.4, 0.5) is 4.39 Å². The fourth-order valence-electron chi connectivity index (χ4n) is 2.26. The average molecular weight is 273 g/mol. The van der Waals surface area contributed by atoms with E-state index in [0.717, 1.165) is 18.5 Å². The summed E-state index contributed by atoms with van der Waals surface area (Å²) in [6.45, 7) is 1.68. The Morgan fingerprint density at radius 3 is 2.35 bits per heavy atom. The van der Waals surface area contributed by atoms with Gasteiger partial charge in [0.1, 0.15) is 5.82 Å². The van der Waals surface area contributed by atoms with Crippen LogP contribution in [-0.2, 0) is 6.54 Å².